The van der Waals surface area contributed by atoms with Gasteiger partial charge in [-0.1, -0.05) is 19.9 Å². The summed E-state index contributed by atoms with van der Waals surface area (Å²) in [6, 6.07) is 5.67. The quantitative estimate of drug-likeness (QED) is 0.589. The lowest BCUT2D eigenvalue weighted by atomic mass is 10.0. The maximum absolute atomic E-state index is 12.2. The maximum Gasteiger partial charge on any atom is 0.338 e. The van der Waals surface area contributed by atoms with Crippen molar-refractivity contribution in [3.8, 4) is 5.75 Å². The molecule has 1 aromatic carbocycles. The number of ether oxygens (including phenoxy) is 3. The normalized spacial score (nSPS) is 11.6. The summed E-state index contributed by atoms with van der Waals surface area (Å²) >= 11 is 1.47. The summed E-state index contributed by atoms with van der Waals surface area (Å²) in [6.07, 6.45) is 0.421. The number of amides is 1. The Hall–Kier alpha value is -2.94. The molecule has 156 valence electrons. The van der Waals surface area contributed by atoms with Gasteiger partial charge in [-0.3, -0.25) is 4.79 Å². The molecule has 2 rings (SSSR count). The number of nitrogens with one attached hydrogen (secondary N) is 1. The van der Waals surface area contributed by atoms with Gasteiger partial charge in [-0.25, -0.2) is 14.6 Å². The number of thiazole rings is 1. The van der Waals surface area contributed by atoms with Gasteiger partial charge in [0.15, 0.2) is 6.61 Å². The molecule has 29 heavy (non-hydrogen) atoms. The van der Waals surface area contributed by atoms with Gasteiger partial charge in [0.25, 0.3) is 5.91 Å². The van der Waals surface area contributed by atoms with E-state index in [9.17, 15) is 14.4 Å². The van der Waals surface area contributed by atoms with Gasteiger partial charge >= 0.3 is 11.9 Å². The third-order valence-corrected chi connectivity index (χ3v) is 4.44. The molecule has 0 bridgehead atoms. The first-order chi connectivity index (χ1) is 13.9. The molecule has 0 spiro atoms. The van der Waals surface area contributed by atoms with Crippen molar-refractivity contribution in [1.82, 2.24) is 10.3 Å². The SMILES string of the molecule is COC(=O)[C@H](CC(C)C)NC(=O)COC(=O)c1cccc(OCc2cscn2)c1. The Morgan fingerprint density at radius 1 is 1.24 bits per heavy atom. The molecule has 1 N–H and O–H groups in total. The summed E-state index contributed by atoms with van der Waals surface area (Å²) in [5.41, 5.74) is 2.75. The fraction of sp³-hybridized carbons (Fsp3) is 0.400. The zero-order chi connectivity index (χ0) is 21.2. The van der Waals surface area contributed by atoms with Crippen LogP contribution in [0.3, 0.4) is 0 Å². The smallest absolute Gasteiger partial charge is 0.338 e. The van der Waals surface area contributed by atoms with Crippen molar-refractivity contribution >= 4 is 29.2 Å². The number of aromatic nitrogens is 1. The highest BCUT2D eigenvalue weighted by atomic mass is 32.1. The number of benzene rings is 1. The van der Waals surface area contributed by atoms with Crippen LogP contribution in [0.4, 0.5) is 0 Å². The van der Waals surface area contributed by atoms with Crippen molar-refractivity contribution in [1.29, 1.82) is 0 Å². The van der Waals surface area contributed by atoms with E-state index in [1.807, 2.05) is 19.2 Å². The Morgan fingerprint density at radius 2 is 2.03 bits per heavy atom. The monoisotopic (exact) mass is 420 g/mol. The van der Waals surface area contributed by atoms with E-state index in [0.717, 1.165) is 5.69 Å². The average molecular weight is 420 g/mol. The molecule has 0 saturated heterocycles. The lowest BCUT2D eigenvalue weighted by Gasteiger charge is -2.18. The molecule has 2 aromatic rings. The van der Waals surface area contributed by atoms with Gasteiger partial charge in [-0.2, -0.15) is 0 Å². The highest BCUT2D eigenvalue weighted by Crippen LogP contribution is 2.16. The Kier molecular flexibility index (Phi) is 8.60. The van der Waals surface area contributed by atoms with Crippen molar-refractivity contribution in [2.45, 2.75) is 32.9 Å². The standard InChI is InChI=1S/C20H24N2O6S/c1-13(2)7-17(20(25)26-3)22-18(23)10-28-19(24)14-5-4-6-16(8-14)27-9-15-11-29-12-21-15/h4-6,8,11-13,17H,7,9-10H2,1-3H3,(H,22,23)/t17-/m0/s1. The van der Waals surface area contributed by atoms with Crippen molar-refractivity contribution in [3.05, 3.63) is 46.4 Å². The number of methoxy groups -OCH3 is 1. The largest absolute Gasteiger partial charge is 0.487 e. The highest BCUT2D eigenvalue weighted by molar-refractivity contribution is 7.07. The first-order valence-electron chi connectivity index (χ1n) is 9.03. The molecule has 1 aromatic heterocycles. The molecule has 0 saturated carbocycles. The van der Waals surface area contributed by atoms with E-state index in [2.05, 4.69) is 10.3 Å². The number of esters is 2. The van der Waals surface area contributed by atoms with Gasteiger partial charge in [0, 0.05) is 5.38 Å². The molecule has 1 atom stereocenters. The molecule has 8 nitrogen and oxygen atoms in total. The topological polar surface area (TPSA) is 104 Å². The molecule has 0 radical (unpaired) electrons. The fourth-order valence-corrected chi connectivity index (χ4v) is 3.00. The Morgan fingerprint density at radius 3 is 2.69 bits per heavy atom. The van der Waals surface area contributed by atoms with Gasteiger partial charge in [0.05, 0.1) is 23.9 Å². The second-order valence-corrected chi connectivity index (χ2v) is 7.36. The molecule has 0 aliphatic heterocycles. The zero-order valence-electron chi connectivity index (χ0n) is 16.5. The number of nitrogens with zero attached hydrogens (tertiary/aromatic N) is 1. The van der Waals surface area contributed by atoms with E-state index in [4.69, 9.17) is 14.2 Å². The van der Waals surface area contributed by atoms with Crippen molar-refractivity contribution < 1.29 is 28.6 Å². The number of carbonyl (C=O) groups excluding carboxylic acids is 3. The lowest BCUT2D eigenvalue weighted by molar-refractivity contribution is -0.145. The van der Waals surface area contributed by atoms with Crippen LogP contribution in [0, 0.1) is 5.92 Å². The van der Waals surface area contributed by atoms with Crippen LogP contribution in [0.15, 0.2) is 35.2 Å². The molecule has 1 heterocycles. The van der Waals surface area contributed by atoms with E-state index in [0.29, 0.717) is 12.2 Å². The van der Waals surface area contributed by atoms with E-state index in [1.54, 1.807) is 23.7 Å². The third-order valence-electron chi connectivity index (χ3n) is 3.80. The lowest BCUT2D eigenvalue weighted by Crippen LogP contribution is -2.44. The summed E-state index contributed by atoms with van der Waals surface area (Å²) in [5.74, 6) is -1.13. The van der Waals surface area contributed by atoms with Crippen LogP contribution in [0.5, 0.6) is 5.75 Å². The molecule has 0 aliphatic carbocycles. The van der Waals surface area contributed by atoms with Crippen LogP contribution >= 0.6 is 11.3 Å². The Bertz CT molecular complexity index is 822. The minimum atomic E-state index is -0.784. The van der Waals surface area contributed by atoms with E-state index < -0.39 is 30.5 Å². The summed E-state index contributed by atoms with van der Waals surface area (Å²) in [5, 5.41) is 4.40. The third kappa shape index (κ3) is 7.53. The van der Waals surface area contributed by atoms with Gasteiger partial charge in [-0.15, -0.1) is 11.3 Å². The summed E-state index contributed by atoms with van der Waals surface area (Å²) in [7, 11) is 1.26. The predicted molar refractivity (Wildman–Crippen MR) is 107 cm³/mol. The van der Waals surface area contributed by atoms with E-state index in [1.165, 1.54) is 24.5 Å². The highest BCUT2D eigenvalue weighted by Gasteiger charge is 2.23. The summed E-state index contributed by atoms with van der Waals surface area (Å²) in [6.45, 7) is 3.63. The number of rotatable bonds is 10. The molecular weight excluding hydrogens is 396 g/mol. The van der Waals surface area contributed by atoms with Crippen molar-refractivity contribution in [2.24, 2.45) is 5.92 Å². The van der Waals surface area contributed by atoms with Crippen molar-refractivity contribution in [2.75, 3.05) is 13.7 Å². The fourth-order valence-electron chi connectivity index (χ4n) is 2.46. The first-order valence-corrected chi connectivity index (χ1v) is 9.97. The van der Waals surface area contributed by atoms with E-state index in [-0.39, 0.29) is 18.1 Å². The second-order valence-electron chi connectivity index (χ2n) is 6.65. The first kappa shape index (κ1) is 22.4. The predicted octanol–water partition coefficient (Wildman–Crippen LogP) is 2.58. The average Bonchev–Trinajstić information content (AvgIpc) is 3.23. The van der Waals surface area contributed by atoms with Crippen LogP contribution in [0.1, 0.15) is 36.3 Å². The van der Waals surface area contributed by atoms with Gasteiger partial charge in [0.2, 0.25) is 0 Å². The summed E-state index contributed by atoms with van der Waals surface area (Å²) in [4.78, 5) is 40.2. The van der Waals surface area contributed by atoms with Crippen molar-refractivity contribution in [3.63, 3.8) is 0 Å². The number of carbonyl (C=O) groups is 3. The summed E-state index contributed by atoms with van der Waals surface area (Å²) < 4.78 is 15.3. The molecular formula is C20H24N2O6S. The minimum absolute atomic E-state index is 0.175. The molecule has 0 aliphatic rings. The zero-order valence-corrected chi connectivity index (χ0v) is 17.4. The second kappa shape index (κ2) is 11.2. The molecule has 0 fully saturated rings. The van der Waals surface area contributed by atoms with E-state index >= 15 is 0 Å². The molecule has 9 heteroatoms. The van der Waals surface area contributed by atoms with Gasteiger partial charge < -0.3 is 19.5 Å². The Balaban J connectivity index is 1.86. The Labute approximate surface area is 173 Å². The van der Waals surface area contributed by atoms with Gasteiger partial charge in [-0.05, 0) is 30.5 Å². The van der Waals surface area contributed by atoms with Crippen LogP contribution < -0.4 is 10.1 Å². The number of hydrogen-bond donors (Lipinski definition) is 1. The van der Waals surface area contributed by atoms with Crippen LogP contribution in [0.25, 0.3) is 0 Å². The van der Waals surface area contributed by atoms with Crippen LogP contribution in [-0.4, -0.2) is 42.6 Å². The number of hydrogen-bond acceptors (Lipinski definition) is 8. The molecule has 0 unspecified atom stereocenters. The van der Waals surface area contributed by atoms with Gasteiger partial charge in [0.1, 0.15) is 18.4 Å². The maximum atomic E-state index is 12.2. The minimum Gasteiger partial charge on any atom is -0.487 e. The molecule has 1 amide bonds. The van der Waals surface area contributed by atoms with Crippen LogP contribution in [-0.2, 0) is 25.7 Å². The van der Waals surface area contributed by atoms with Crippen LogP contribution in [0.2, 0.25) is 0 Å².